The van der Waals surface area contributed by atoms with E-state index in [2.05, 4.69) is 10.00 Å². The number of rotatable bonds is 8. The maximum absolute atomic E-state index is 14.2. The average Bonchev–Trinajstić information content (AvgIpc) is 3.37. The van der Waals surface area contributed by atoms with Crippen molar-refractivity contribution in [1.29, 1.82) is 0 Å². The summed E-state index contributed by atoms with van der Waals surface area (Å²) in [5, 5.41) is 15.7. The zero-order chi connectivity index (χ0) is 25.1. The number of hydrogen-bond donors (Lipinski definition) is 1. The van der Waals surface area contributed by atoms with Crippen LogP contribution >= 0.6 is 0 Å². The van der Waals surface area contributed by atoms with Crippen molar-refractivity contribution >= 4 is 17.4 Å². The van der Waals surface area contributed by atoms with E-state index in [1.165, 1.54) is 29.3 Å². The van der Waals surface area contributed by atoms with Crippen LogP contribution in [0.3, 0.4) is 0 Å². The molecule has 0 bridgehead atoms. The first-order valence-corrected chi connectivity index (χ1v) is 11.7. The number of aliphatic hydroxyl groups excluding tert-OH is 1. The van der Waals surface area contributed by atoms with E-state index in [-0.39, 0.29) is 17.9 Å². The van der Waals surface area contributed by atoms with Crippen molar-refractivity contribution in [3.05, 3.63) is 89.0 Å². The van der Waals surface area contributed by atoms with Crippen LogP contribution < -0.4 is 0 Å². The van der Waals surface area contributed by atoms with Crippen LogP contribution in [0.15, 0.2) is 66.4 Å². The highest BCUT2D eigenvalue weighted by molar-refractivity contribution is 6.46. The summed E-state index contributed by atoms with van der Waals surface area (Å²) in [5.41, 5.74) is 2.12. The van der Waals surface area contributed by atoms with Crippen LogP contribution in [0.5, 0.6) is 0 Å². The standard InChI is InChI=1S/C27H29FN4O3/c1-4-30(5-2)14-15-31-24(19-10-9-11-20(28)16-19)23(26(34)27(31)35)25(33)22-17-29-32(18(22)3)21-12-7-6-8-13-21/h6-13,16-17,24,33H,4-5,14-15H2,1-3H3/t24-/m0/s1. The van der Waals surface area contributed by atoms with Crippen molar-refractivity contribution in [2.75, 3.05) is 26.2 Å². The third kappa shape index (κ3) is 4.61. The number of halogens is 1. The van der Waals surface area contributed by atoms with Gasteiger partial charge >= 0.3 is 0 Å². The minimum atomic E-state index is -0.902. The quantitative estimate of drug-likeness (QED) is 0.301. The number of benzene rings is 2. The number of likely N-dealkylation sites (N-methyl/N-ethyl adjacent to an activating group) is 1. The molecule has 2 aromatic carbocycles. The molecule has 7 nitrogen and oxygen atoms in total. The normalized spacial score (nSPS) is 17.5. The maximum Gasteiger partial charge on any atom is 0.295 e. The van der Waals surface area contributed by atoms with E-state index in [1.54, 1.807) is 17.7 Å². The van der Waals surface area contributed by atoms with Crippen LogP contribution in [0.1, 0.15) is 36.7 Å². The van der Waals surface area contributed by atoms with Crippen LogP contribution in [0, 0.1) is 12.7 Å². The summed E-state index contributed by atoms with van der Waals surface area (Å²) in [6.07, 6.45) is 1.48. The van der Waals surface area contributed by atoms with Crippen LogP contribution in [0.2, 0.25) is 0 Å². The van der Waals surface area contributed by atoms with Gasteiger partial charge in [0.2, 0.25) is 0 Å². The van der Waals surface area contributed by atoms with Gasteiger partial charge in [-0.2, -0.15) is 5.10 Å². The van der Waals surface area contributed by atoms with Crippen molar-refractivity contribution in [3.63, 3.8) is 0 Å². The Balaban J connectivity index is 1.82. The zero-order valence-electron chi connectivity index (χ0n) is 20.1. The number of likely N-dealkylation sites (tertiary alicyclic amines) is 1. The van der Waals surface area contributed by atoms with E-state index in [1.807, 2.05) is 44.2 Å². The Morgan fingerprint density at radius 2 is 1.80 bits per heavy atom. The highest BCUT2D eigenvalue weighted by Gasteiger charge is 2.46. The van der Waals surface area contributed by atoms with Gasteiger partial charge in [0.05, 0.1) is 34.8 Å². The molecule has 1 saturated heterocycles. The van der Waals surface area contributed by atoms with Crippen LogP contribution in [-0.2, 0) is 9.59 Å². The van der Waals surface area contributed by atoms with Gasteiger partial charge in [-0.15, -0.1) is 0 Å². The fourth-order valence-electron chi connectivity index (χ4n) is 4.54. The molecule has 35 heavy (non-hydrogen) atoms. The van der Waals surface area contributed by atoms with Crippen molar-refractivity contribution in [2.45, 2.75) is 26.8 Å². The molecule has 0 unspecified atom stereocenters. The van der Waals surface area contributed by atoms with Gasteiger partial charge in [0.15, 0.2) is 0 Å². The largest absolute Gasteiger partial charge is 0.507 e. The first-order valence-electron chi connectivity index (χ1n) is 11.7. The van der Waals surface area contributed by atoms with E-state index in [0.717, 1.165) is 18.8 Å². The fourth-order valence-corrected chi connectivity index (χ4v) is 4.54. The smallest absolute Gasteiger partial charge is 0.295 e. The number of aliphatic hydroxyl groups is 1. The van der Waals surface area contributed by atoms with Crippen molar-refractivity contribution in [3.8, 4) is 5.69 Å². The van der Waals surface area contributed by atoms with Gasteiger partial charge in [0, 0.05) is 13.1 Å². The van der Waals surface area contributed by atoms with E-state index in [9.17, 15) is 19.1 Å². The number of hydrogen-bond acceptors (Lipinski definition) is 5. The Hall–Kier alpha value is -3.78. The van der Waals surface area contributed by atoms with Crippen molar-refractivity contribution in [1.82, 2.24) is 19.6 Å². The second kappa shape index (κ2) is 10.2. The third-order valence-corrected chi connectivity index (χ3v) is 6.52. The number of nitrogens with zero attached hydrogens (tertiary/aromatic N) is 4. The summed E-state index contributed by atoms with van der Waals surface area (Å²) in [5.74, 6) is -2.29. The van der Waals surface area contributed by atoms with Gasteiger partial charge in [-0.05, 0) is 49.8 Å². The minimum absolute atomic E-state index is 0.0594. The fraction of sp³-hybridized carbons (Fsp3) is 0.296. The lowest BCUT2D eigenvalue weighted by Crippen LogP contribution is -2.38. The van der Waals surface area contributed by atoms with Crippen LogP contribution in [0.4, 0.5) is 4.39 Å². The maximum atomic E-state index is 14.2. The van der Waals surface area contributed by atoms with Crippen molar-refractivity contribution in [2.24, 2.45) is 0 Å². The predicted molar refractivity (Wildman–Crippen MR) is 131 cm³/mol. The van der Waals surface area contributed by atoms with E-state index >= 15 is 0 Å². The molecule has 8 heteroatoms. The van der Waals surface area contributed by atoms with Crippen LogP contribution in [-0.4, -0.2) is 62.6 Å². The second-order valence-electron chi connectivity index (χ2n) is 8.47. The van der Waals surface area contributed by atoms with Crippen LogP contribution in [0.25, 0.3) is 11.4 Å². The molecule has 182 valence electrons. The zero-order valence-corrected chi connectivity index (χ0v) is 20.1. The number of Topliss-reactive ketones (excluding diaryl/α,β-unsaturated/α-hetero) is 1. The number of aromatic nitrogens is 2. The molecule has 1 amide bonds. The molecular weight excluding hydrogens is 447 g/mol. The molecule has 0 aliphatic carbocycles. The predicted octanol–water partition coefficient (Wildman–Crippen LogP) is 4.08. The molecule has 4 rings (SSSR count). The lowest BCUT2D eigenvalue weighted by molar-refractivity contribution is -0.140. The molecule has 1 aromatic heterocycles. The Morgan fingerprint density at radius 1 is 1.09 bits per heavy atom. The first kappa shape index (κ1) is 24.3. The summed E-state index contributed by atoms with van der Waals surface area (Å²) in [6.45, 7) is 8.24. The number of para-hydroxylation sites is 1. The summed E-state index contributed by atoms with van der Waals surface area (Å²) >= 11 is 0. The molecular formula is C27H29FN4O3. The summed E-state index contributed by atoms with van der Waals surface area (Å²) in [6, 6.07) is 14.3. The van der Waals surface area contributed by atoms with E-state index < -0.39 is 23.5 Å². The molecule has 1 fully saturated rings. The van der Waals surface area contributed by atoms with Gasteiger partial charge in [-0.1, -0.05) is 44.2 Å². The molecule has 1 aliphatic heterocycles. The second-order valence-corrected chi connectivity index (χ2v) is 8.47. The molecule has 1 N–H and O–H groups in total. The Morgan fingerprint density at radius 3 is 2.46 bits per heavy atom. The molecule has 0 radical (unpaired) electrons. The molecule has 1 aliphatic rings. The van der Waals surface area contributed by atoms with Gasteiger partial charge in [0.25, 0.3) is 11.7 Å². The number of ketones is 1. The lowest BCUT2D eigenvalue weighted by Gasteiger charge is -2.28. The summed E-state index contributed by atoms with van der Waals surface area (Å²) < 4.78 is 15.8. The van der Waals surface area contributed by atoms with E-state index in [0.29, 0.717) is 23.4 Å². The molecule has 3 aromatic rings. The van der Waals surface area contributed by atoms with E-state index in [4.69, 9.17) is 0 Å². The number of amides is 1. The highest BCUT2D eigenvalue weighted by Crippen LogP contribution is 2.40. The summed E-state index contributed by atoms with van der Waals surface area (Å²) in [4.78, 5) is 29.9. The Kier molecular flexibility index (Phi) is 7.12. The SMILES string of the molecule is CCN(CC)CCN1C(=O)C(=O)C(=C(O)c2cnn(-c3ccccc3)c2C)[C@@H]1c1cccc(F)c1. The highest BCUT2D eigenvalue weighted by atomic mass is 19.1. The third-order valence-electron chi connectivity index (χ3n) is 6.52. The molecule has 2 heterocycles. The minimum Gasteiger partial charge on any atom is -0.507 e. The Labute approximate surface area is 204 Å². The number of carbonyl (C=O) groups is 2. The van der Waals surface area contributed by atoms with Crippen molar-refractivity contribution < 1.29 is 19.1 Å². The Bertz CT molecular complexity index is 1260. The first-order chi connectivity index (χ1) is 16.9. The molecule has 1 atom stereocenters. The van der Waals surface area contributed by atoms with Gasteiger partial charge in [0.1, 0.15) is 11.6 Å². The lowest BCUT2D eigenvalue weighted by atomic mass is 9.95. The monoisotopic (exact) mass is 476 g/mol. The average molecular weight is 477 g/mol. The molecule has 0 spiro atoms. The number of carbonyl (C=O) groups excluding carboxylic acids is 2. The topological polar surface area (TPSA) is 78.7 Å². The summed E-state index contributed by atoms with van der Waals surface area (Å²) in [7, 11) is 0. The van der Waals surface area contributed by atoms with Gasteiger partial charge in [-0.3, -0.25) is 9.59 Å². The van der Waals surface area contributed by atoms with Gasteiger partial charge < -0.3 is 14.9 Å². The molecule has 0 saturated carbocycles. The van der Waals surface area contributed by atoms with Gasteiger partial charge in [-0.25, -0.2) is 9.07 Å².